The number of rotatable bonds is 2. The summed E-state index contributed by atoms with van der Waals surface area (Å²) in [5.41, 5.74) is 0.269. The number of halogens is 1. The van der Waals surface area contributed by atoms with Gasteiger partial charge in [0, 0.05) is 5.69 Å². The Hall–Kier alpha value is -1.22. The molecule has 0 aliphatic carbocycles. The molecule has 3 nitrogen and oxygen atoms in total. The molecule has 80 valence electrons. The van der Waals surface area contributed by atoms with Crippen molar-refractivity contribution in [1.82, 2.24) is 0 Å². The van der Waals surface area contributed by atoms with Crippen LogP contribution in [0.3, 0.4) is 0 Å². The lowest BCUT2D eigenvalue weighted by molar-refractivity contribution is 0.0896. The maximum atomic E-state index is 11.6. The lowest BCUT2D eigenvalue weighted by Crippen LogP contribution is -2.32. The highest BCUT2D eigenvalue weighted by Gasteiger charge is 2.41. The molecule has 1 unspecified atom stereocenters. The molecule has 0 aromatic heterocycles. The van der Waals surface area contributed by atoms with Gasteiger partial charge in [-0.3, -0.25) is 4.90 Å². The van der Waals surface area contributed by atoms with Crippen LogP contribution in [0, 0.1) is 0 Å². The van der Waals surface area contributed by atoms with Crippen LogP contribution in [0.15, 0.2) is 30.3 Å². The first-order chi connectivity index (χ1) is 7.14. The average molecular weight is 226 g/mol. The summed E-state index contributed by atoms with van der Waals surface area (Å²) < 4.78 is 5.22. The van der Waals surface area contributed by atoms with Crippen molar-refractivity contribution in [2.24, 2.45) is 0 Å². The van der Waals surface area contributed by atoms with Gasteiger partial charge >= 0.3 is 6.09 Å². The largest absolute Gasteiger partial charge is 0.440 e. The lowest BCUT2D eigenvalue weighted by Gasteiger charge is -2.17. The van der Waals surface area contributed by atoms with Gasteiger partial charge in [-0.25, -0.2) is 4.79 Å². The van der Waals surface area contributed by atoms with Crippen molar-refractivity contribution in [3.63, 3.8) is 0 Å². The van der Waals surface area contributed by atoms with Crippen LogP contribution in [-0.4, -0.2) is 24.1 Å². The van der Waals surface area contributed by atoms with Gasteiger partial charge < -0.3 is 4.74 Å². The Labute approximate surface area is 93.6 Å². The maximum Gasteiger partial charge on any atom is 0.415 e. The third-order valence-corrected chi connectivity index (χ3v) is 2.96. The Morgan fingerprint density at radius 2 is 2.13 bits per heavy atom. The number of cyclic esters (lactones) is 1. The summed E-state index contributed by atoms with van der Waals surface area (Å²) in [6.45, 7) is 2.33. The molecule has 0 N–H and O–H groups in total. The third-order valence-electron chi connectivity index (χ3n) is 2.40. The van der Waals surface area contributed by atoms with E-state index in [2.05, 4.69) is 0 Å². The second-order valence-electron chi connectivity index (χ2n) is 3.87. The zero-order chi connectivity index (χ0) is 10.9. The first kappa shape index (κ1) is 10.3. The minimum atomic E-state index is -0.575. The quantitative estimate of drug-likeness (QED) is 0.725. The highest BCUT2D eigenvalue weighted by Crippen LogP contribution is 2.28. The van der Waals surface area contributed by atoms with E-state index in [1.165, 1.54) is 0 Å². The fraction of sp³-hybridized carbons (Fsp3) is 0.364. The molecule has 1 atom stereocenters. The summed E-state index contributed by atoms with van der Waals surface area (Å²) >= 11 is 5.76. The van der Waals surface area contributed by atoms with E-state index in [1.807, 2.05) is 37.3 Å². The van der Waals surface area contributed by atoms with Crippen LogP contribution >= 0.6 is 11.6 Å². The molecule has 15 heavy (non-hydrogen) atoms. The minimum Gasteiger partial charge on any atom is -0.440 e. The standard InChI is InChI=1S/C11H12ClNO2/c1-11(7-12)8-13(10(14)15-11)9-5-3-2-4-6-9/h2-6H,7-8H2,1H3. The monoisotopic (exact) mass is 225 g/mol. The van der Waals surface area contributed by atoms with E-state index in [-0.39, 0.29) is 6.09 Å². The number of carbonyl (C=O) groups is 1. The summed E-state index contributed by atoms with van der Waals surface area (Å²) in [5.74, 6) is 0.308. The first-order valence-corrected chi connectivity index (χ1v) is 5.30. The topological polar surface area (TPSA) is 29.5 Å². The Morgan fingerprint density at radius 3 is 2.67 bits per heavy atom. The van der Waals surface area contributed by atoms with Crippen molar-refractivity contribution < 1.29 is 9.53 Å². The molecule has 1 amide bonds. The molecule has 1 aliphatic rings. The normalized spacial score (nSPS) is 25.5. The van der Waals surface area contributed by atoms with E-state index < -0.39 is 5.60 Å². The van der Waals surface area contributed by atoms with Crippen LogP contribution in [0.2, 0.25) is 0 Å². The van der Waals surface area contributed by atoms with Gasteiger partial charge in [0.05, 0.1) is 12.4 Å². The highest BCUT2D eigenvalue weighted by atomic mass is 35.5. The van der Waals surface area contributed by atoms with Crippen molar-refractivity contribution >= 4 is 23.4 Å². The SMILES string of the molecule is CC1(CCl)CN(c2ccccc2)C(=O)O1. The summed E-state index contributed by atoms with van der Waals surface area (Å²) in [6.07, 6.45) is -0.329. The summed E-state index contributed by atoms with van der Waals surface area (Å²) in [6, 6.07) is 9.44. The van der Waals surface area contributed by atoms with Gasteiger partial charge in [0.2, 0.25) is 0 Å². The Kier molecular flexibility index (Phi) is 2.57. The van der Waals surface area contributed by atoms with E-state index in [4.69, 9.17) is 16.3 Å². The molecule has 1 aromatic rings. The fourth-order valence-corrected chi connectivity index (χ4v) is 1.71. The van der Waals surface area contributed by atoms with Gasteiger partial charge in [-0.05, 0) is 19.1 Å². The highest BCUT2D eigenvalue weighted by molar-refractivity contribution is 6.18. The smallest absolute Gasteiger partial charge is 0.415 e. The van der Waals surface area contributed by atoms with Crippen molar-refractivity contribution in [3.8, 4) is 0 Å². The van der Waals surface area contributed by atoms with Gasteiger partial charge in [0.25, 0.3) is 0 Å². The molecule has 1 fully saturated rings. The second kappa shape index (κ2) is 3.74. The molecule has 0 radical (unpaired) electrons. The van der Waals surface area contributed by atoms with E-state index in [9.17, 15) is 4.79 Å². The first-order valence-electron chi connectivity index (χ1n) is 4.76. The van der Waals surface area contributed by atoms with E-state index >= 15 is 0 Å². The minimum absolute atomic E-state index is 0.308. The molecule has 0 bridgehead atoms. The van der Waals surface area contributed by atoms with Crippen LogP contribution in [0.5, 0.6) is 0 Å². The Balaban J connectivity index is 2.23. The molecular formula is C11H12ClNO2. The Bertz CT molecular complexity index is 368. The van der Waals surface area contributed by atoms with Crippen LogP contribution < -0.4 is 4.90 Å². The molecule has 4 heteroatoms. The lowest BCUT2D eigenvalue weighted by atomic mass is 10.1. The maximum absolute atomic E-state index is 11.6. The zero-order valence-corrected chi connectivity index (χ0v) is 9.20. The predicted molar refractivity (Wildman–Crippen MR) is 59.4 cm³/mol. The van der Waals surface area contributed by atoms with Crippen LogP contribution in [0.25, 0.3) is 0 Å². The molecule has 1 saturated heterocycles. The average Bonchev–Trinajstić information content (AvgIpc) is 2.57. The van der Waals surface area contributed by atoms with E-state index in [1.54, 1.807) is 4.90 Å². The van der Waals surface area contributed by atoms with Crippen LogP contribution in [0.1, 0.15) is 6.92 Å². The van der Waals surface area contributed by atoms with Gasteiger partial charge in [0.15, 0.2) is 0 Å². The molecule has 1 aromatic carbocycles. The summed E-state index contributed by atoms with van der Waals surface area (Å²) in [5, 5.41) is 0. The molecule has 1 aliphatic heterocycles. The number of hydrogen-bond donors (Lipinski definition) is 0. The number of nitrogens with zero attached hydrogens (tertiary/aromatic N) is 1. The number of benzene rings is 1. The summed E-state index contributed by atoms with van der Waals surface area (Å²) in [7, 11) is 0. The molecule has 0 spiro atoms. The molecule has 1 heterocycles. The molecular weight excluding hydrogens is 214 g/mol. The number of ether oxygens (including phenoxy) is 1. The van der Waals surface area contributed by atoms with Gasteiger partial charge in [0.1, 0.15) is 5.60 Å². The Morgan fingerprint density at radius 1 is 1.47 bits per heavy atom. The number of amides is 1. The summed E-state index contributed by atoms with van der Waals surface area (Å²) in [4.78, 5) is 13.2. The number of anilines is 1. The predicted octanol–water partition coefficient (Wildman–Crippen LogP) is 2.64. The van der Waals surface area contributed by atoms with Crippen molar-refractivity contribution in [2.75, 3.05) is 17.3 Å². The van der Waals surface area contributed by atoms with E-state index in [0.29, 0.717) is 12.4 Å². The number of alkyl halides is 1. The van der Waals surface area contributed by atoms with Crippen molar-refractivity contribution in [3.05, 3.63) is 30.3 Å². The second-order valence-corrected chi connectivity index (χ2v) is 4.14. The number of para-hydroxylation sites is 1. The number of carbonyl (C=O) groups excluding carboxylic acids is 1. The van der Waals surface area contributed by atoms with Crippen molar-refractivity contribution in [1.29, 1.82) is 0 Å². The molecule has 2 rings (SSSR count). The van der Waals surface area contributed by atoms with Gasteiger partial charge in [-0.2, -0.15) is 0 Å². The van der Waals surface area contributed by atoms with Crippen molar-refractivity contribution in [2.45, 2.75) is 12.5 Å². The number of hydrogen-bond acceptors (Lipinski definition) is 2. The van der Waals surface area contributed by atoms with Crippen LogP contribution in [0.4, 0.5) is 10.5 Å². The third kappa shape index (κ3) is 1.92. The zero-order valence-electron chi connectivity index (χ0n) is 8.44. The van der Waals surface area contributed by atoms with Gasteiger partial charge in [-0.15, -0.1) is 11.6 Å². The van der Waals surface area contributed by atoms with Gasteiger partial charge in [-0.1, -0.05) is 18.2 Å². The van der Waals surface area contributed by atoms with Crippen LogP contribution in [-0.2, 0) is 4.74 Å². The molecule has 0 saturated carbocycles. The van der Waals surface area contributed by atoms with E-state index in [0.717, 1.165) is 5.69 Å². The fourth-order valence-electron chi connectivity index (χ4n) is 1.57.